The van der Waals surface area contributed by atoms with Gasteiger partial charge in [0.15, 0.2) is 15.9 Å². The van der Waals surface area contributed by atoms with E-state index in [9.17, 15) is 9.59 Å². The maximum absolute atomic E-state index is 13.1. The van der Waals surface area contributed by atoms with Gasteiger partial charge in [0.1, 0.15) is 4.70 Å². The van der Waals surface area contributed by atoms with Crippen LogP contribution >= 0.6 is 23.1 Å². The number of fused-ring (bicyclic) bond motifs is 1. The van der Waals surface area contributed by atoms with E-state index in [0.717, 1.165) is 53.8 Å². The molecule has 0 aliphatic carbocycles. The molecule has 170 valence electrons. The van der Waals surface area contributed by atoms with Crippen molar-refractivity contribution in [2.24, 2.45) is 5.92 Å². The normalized spacial score (nSPS) is 14.8. The van der Waals surface area contributed by atoms with Crippen LogP contribution in [0.5, 0.6) is 0 Å². The number of nitrogens with one attached hydrogen (secondary N) is 1. The highest BCUT2D eigenvalue weighted by Gasteiger charge is 2.22. The average Bonchev–Trinajstić information content (AvgIpc) is 3.16. The first kappa shape index (κ1) is 22.8. The van der Waals surface area contributed by atoms with Crippen LogP contribution in [-0.4, -0.2) is 39.3 Å². The second kappa shape index (κ2) is 9.62. The lowest BCUT2D eigenvalue weighted by atomic mass is 10.00. The van der Waals surface area contributed by atoms with E-state index in [2.05, 4.69) is 33.2 Å². The Bertz CT molecular complexity index is 1170. The second-order valence-corrected chi connectivity index (χ2v) is 10.4. The molecule has 3 heterocycles. The minimum Gasteiger partial charge on any atom is -0.348 e. The molecule has 1 aliphatic rings. The van der Waals surface area contributed by atoms with E-state index in [1.165, 1.54) is 23.1 Å². The van der Waals surface area contributed by atoms with Crippen LogP contribution in [0.3, 0.4) is 0 Å². The van der Waals surface area contributed by atoms with E-state index in [4.69, 9.17) is 0 Å². The zero-order valence-corrected chi connectivity index (χ0v) is 20.6. The number of carbonyl (C=O) groups is 1. The van der Waals surface area contributed by atoms with Gasteiger partial charge in [-0.3, -0.25) is 14.2 Å². The molecule has 9 heteroatoms. The minimum absolute atomic E-state index is 0.0798. The molecule has 7 nitrogen and oxygen atoms in total. The molecule has 0 atom stereocenters. The molecule has 4 rings (SSSR count). The number of anilines is 2. The monoisotopic (exact) mass is 471 g/mol. The zero-order valence-electron chi connectivity index (χ0n) is 19.0. The highest BCUT2D eigenvalue weighted by Crippen LogP contribution is 2.30. The van der Waals surface area contributed by atoms with Crippen LogP contribution in [0, 0.1) is 19.8 Å². The van der Waals surface area contributed by atoms with Crippen molar-refractivity contribution >= 4 is 50.2 Å². The van der Waals surface area contributed by atoms with Crippen LogP contribution in [0.15, 0.2) is 28.2 Å². The maximum Gasteiger partial charge on any atom is 0.273 e. The number of piperidine rings is 1. The van der Waals surface area contributed by atoms with Gasteiger partial charge < -0.3 is 10.2 Å². The molecule has 1 fully saturated rings. The highest BCUT2D eigenvalue weighted by molar-refractivity contribution is 7.99. The van der Waals surface area contributed by atoms with E-state index in [1.807, 2.05) is 32.9 Å². The summed E-state index contributed by atoms with van der Waals surface area (Å²) in [6.07, 6.45) is 2.28. The Balaban J connectivity index is 1.52. The third-order valence-corrected chi connectivity index (χ3v) is 7.75. The Morgan fingerprint density at radius 1 is 1.19 bits per heavy atom. The predicted octanol–water partition coefficient (Wildman–Crippen LogP) is 4.46. The Morgan fingerprint density at radius 2 is 1.88 bits per heavy atom. The lowest BCUT2D eigenvalue weighted by Gasteiger charge is -2.29. The number of thiazole rings is 1. The van der Waals surface area contributed by atoms with Crippen LogP contribution in [-0.2, 0) is 11.3 Å². The molecule has 1 amide bonds. The third-order valence-electron chi connectivity index (χ3n) is 5.68. The van der Waals surface area contributed by atoms with E-state index < -0.39 is 0 Å². The van der Waals surface area contributed by atoms with E-state index in [1.54, 1.807) is 4.57 Å². The van der Waals surface area contributed by atoms with Crippen LogP contribution in [0.25, 0.3) is 10.3 Å². The Hall–Kier alpha value is -2.39. The van der Waals surface area contributed by atoms with Gasteiger partial charge in [0.25, 0.3) is 5.56 Å². The fourth-order valence-electron chi connectivity index (χ4n) is 3.97. The fourth-order valence-corrected chi connectivity index (χ4v) is 5.83. The van der Waals surface area contributed by atoms with E-state index in [-0.39, 0.29) is 17.2 Å². The second-order valence-electron chi connectivity index (χ2n) is 8.48. The van der Waals surface area contributed by atoms with Gasteiger partial charge in [-0.15, -0.1) is 0 Å². The Kier molecular flexibility index (Phi) is 6.85. The molecule has 3 aromatic rings. The molecule has 1 saturated heterocycles. The Morgan fingerprint density at radius 3 is 2.53 bits per heavy atom. The summed E-state index contributed by atoms with van der Waals surface area (Å²) in [7, 11) is 0. The van der Waals surface area contributed by atoms with Crippen molar-refractivity contribution in [3.8, 4) is 0 Å². The third kappa shape index (κ3) is 4.99. The summed E-state index contributed by atoms with van der Waals surface area (Å²) < 4.78 is 2.22. The first-order valence-corrected chi connectivity index (χ1v) is 12.8. The largest absolute Gasteiger partial charge is 0.348 e. The fraction of sp³-hybridized carbons (Fsp3) is 0.478. The number of benzene rings is 1. The Labute approximate surface area is 196 Å². The number of aromatic nitrogens is 3. The number of hydrogen-bond donors (Lipinski definition) is 1. The summed E-state index contributed by atoms with van der Waals surface area (Å²) in [5.41, 5.74) is 3.38. The summed E-state index contributed by atoms with van der Waals surface area (Å²) >= 11 is 2.70. The summed E-state index contributed by atoms with van der Waals surface area (Å²) in [6, 6.07) is 5.95. The van der Waals surface area contributed by atoms with Gasteiger partial charge in [-0.1, -0.05) is 36.1 Å². The zero-order chi connectivity index (χ0) is 22.8. The van der Waals surface area contributed by atoms with Crippen LogP contribution in [0.2, 0.25) is 0 Å². The van der Waals surface area contributed by atoms with Crippen molar-refractivity contribution in [2.45, 2.75) is 52.2 Å². The molecule has 32 heavy (non-hydrogen) atoms. The SMILES string of the molecule is CCn1c(SCC(=O)Nc2cc(C)cc(C)c2)nc2nc(N3CCC(C)CC3)sc2c1=O. The molecule has 1 aliphatic heterocycles. The number of nitrogens with zero attached hydrogens (tertiary/aromatic N) is 4. The number of hydrogen-bond acceptors (Lipinski definition) is 7. The van der Waals surface area contributed by atoms with Crippen molar-refractivity contribution in [2.75, 3.05) is 29.1 Å². The number of amides is 1. The quantitative estimate of drug-likeness (QED) is 0.422. The van der Waals surface area contributed by atoms with Crippen LogP contribution in [0.4, 0.5) is 10.8 Å². The van der Waals surface area contributed by atoms with Gasteiger partial charge in [-0.05, 0) is 62.8 Å². The summed E-state index contributed by atoms with van der Waals surface area (Å²) in [5, 5.41) is 4.34. The number of thioether (sulfide) groups is 1. The molecule has 0 unspecified atom stereocenters. The molecule has 2 aromatic heterocycles. The first-order chi connectivity index (χ1) is 15.3. The van der Waals surface area contributed by atoms with Gasteiger partial charge >= 0.3 is 0 Å². The van der Waals surface area contributed by atoms with E-state index in [0.29, 0.717) is 22.0 Å². The number of rotatable bonds is 6. The van der Waals surface area contributed by atoms with Crippen LogP contribution < -0.4 is 15.8 Å². The van der Waals surface area contributed by atoms with Crippen molar-refractivity contribution in [3.63, 3.8) is 0 Å². The molecular weight excluding hydrogens is 442 g/mol. The standard InChI is InChI=1S/C23H29N5O2S2/c1-5-28-21(30)19-20(25-22(32-19)27-8-6-14(2)7-9-27)26-23(28)31-13-18(29)24-17-11-15(3)10-16(4)12-17/h10-12,14H,5-9,13H2,1-4H3,(H,24,29). The van der Waals surface area contributed by atoms with Crippen molar-refractivity contribution in [3.05, 3.63) is 39.7 Å². The lowest BCUT2D eigenvalue weighted by Crippen LogP contribution is -2.32. The predicted molar refractivity (Wildman–Crippen MR) is 133 cm³/mol. The van der Waals surface area contributed by atoms with Crippen LogP contribution in [0.1, 0.15) is 37.8 Å². The molecule has 0 saturated carbocycles. The molecule has 1 N–H and O–H groups in total. The smallest absolute Gasteiger partial charge is 0.273 e. The van der Waals surface area contributed by atoms with Gasteiger partial charge in [-0.2, -0.15) is 4.98 Å². The molecule has 0 spiro atoms. The van der Waals surface area contributed by atoms with Gasteiger partial charge in [0.2, 0.25) is 5.91 Å². The minimum atomic E-state index is -0.126. The van der Waals surface area contributed by atoms with Gasteiger partial charge in [0, 0.05) is 25.3 Å². The van der Waals surface area contributed by atoms with Crippen molar-refractivity contribution in [1.29, 1.82) is 0 Å². The van der Waals surface area contributed by atoms with E-state index >= 15 is 0 Å². The van der Waals surface area contributed by atoms with Crippen molar-refractivity contribution < 1.29 is 4.79 Å². The first-order valence-electron chi connectivity index (χ1n) is 11.0. The summed E-state index contributed by atoms with van der Waals surface area (Å²) in [5.74, 6) is 0.777. The summed E-state index contributed by atoms with van der Waals surface area (Å²) in [4.78, 5) is 37.2. The molecule has 0 radical (unpaired) electrons. The highest BCUT2D eigenvalue weighted by atomic mass is 32.2. The maximum atomic E-state index is 13.1. The molecule has 1 aromatic carbocycles. The number of aryl methyl sites for hydroxylation is 2. The topological polar surface area (TPSA) is 80.1 Å². The van der Waals surface area contributed by atoms with Gasteiger partial charge in [-0.25, -0.2) is 4.98 Å². The summed E-state index contributed by atoms with van der Waals surface area (Å²) in [6.45, 7) is 10.6. The average molecular weight is 472 g/mol. The van der Waals surface area contributed by atoms with Gasteiger partial charge in [0.05, 0.1) is 5.75 Å². The lowest BCUT2D eigenvalue weighted by molar-refractivity contribution is -0.113. The number of carbonyl (C=O) groups excluding carboxylic acids is 1. The molecule has 0 bridgehead atoms. The molecular formula is C23H29N5O2S2. The van der Waals surface area contributed by atoms with Crippen molar-refractivity contribution in [1.82, 2.24) is 14.5 Å².